The van der Waals surface area contributed by atoms with E-state index in [9.17, 15) is 29.4 Å². The molecule has 0 amide bonds. The Labute approximate surface area is 340 Å². The van der Waals surface area contributed by atoms with E-state index < -0.39 is 114 Å². The van der Waals surface area contributed by atoms with Gasteiger partial charge in [-0.25, -0.2) is 0 Å². The molecule has 0 aromatic carbocycles. The van der Waals surface area contributed by atoms with E-state index in [1.165, 1.54) is 13.8 Å². The van der Waals surface area contributed by atoms with Crippen molar-refractivity contribution in [2.45, 2.75) is 182 Å². The summed E-state index contributed by atoms with van der Waals surface area (Å²) < 4.78 is 50.0. The fourth-order valence-corrected chi connectivity index (χ4v) is 9.50. The molecule has 3 rings (SSSR count). The summed E-state index contributed by atoms with van der Waals surface area (Å²) in [5.41, 5.74) is -2.54. The van der Waals surface area contributed by atoms with Crippen LogP contribution in [-0.4, -0.2) is 140 Å². The summed E-state index contributed by atoms with van der Waals surface area (Å²) in [7, 11) is 5.34. The van der Waals surface area contributed by atoms with Crippen molar-refractivity contribution in [3.63, 3.8) is 0 Å². The van der Waals surface area contributed by atoms with Gasteiger partial charge in [0.2, 0.25) is 0 Å². The molecule has 2 N–H and O–H groups in total. The number of methoxy groups -OCH3 is 1. The lowest BCUT2D eigenvalue weighted by Crippen LogP contribution is -2.60. The summed E-state index contributed by atoms with van der Waals surface area (Å²) >= 11 is 0. The zero-order valence-electron chi connectivity index (χ0n) is 37.0. The molecule has 3 aliphatic rings. The van der Waals surface area contributed by atoms with Gasteiger partial charge in [-0.05, 0) is 61.1 Å². The van der Waals surface area contributed by atoms with Crippen LogP contribution in [0.4, 0.5) is 0 Å². The number of aliphatic hydroxyl groups excluding tert-OH is 1. The molecule has 3 heterocycles. The minimum absolute atomic E-state index is 0.101. The largest absolute Gasteiger partial charge is 0.462 e. The number of ketones is 1. The van der Waals surface area contributed by atoms with Crippen LogP contribution in [0.15, 0.2) is 0 Å². The first kappa shape index (κ1) is 49.1. The van der Waals surface area contributed by atoms with Crippen LogP contribution in [0.25, 0.3) is 0 Å². The van der Waals surface area contributed by atoms with E-state index in [0.717, 1.165) is 0 Å². The maximum Gasteiger partial charge on any atom is 0.311 e. The second kappa shape index (κ2) is 20.3. The standard InChI is InChI=1S/C42H73NO14/c1-16-31-23(4)34(47)24(5)33(46)21(2)18-41(11,20-50-15)37(57-40-36(53-28(9)44)30(43(13)14)17-22(3)51-40)25(6)35(26(7)39(48)55-31)56-32-19-42(12,49)38(27(8)52-32)54-29(10)45/h21-27,30-32,34-38,40,47,49H,16-20H2,1-15H3/t21-,22-,23+,24+,25+,26-,27+,30+,31-,32+,34+,35+,36-,37-,38+,40+,41+,42-/m1/s1. The van der Waals surface area contributed by atoms with Crippen molar-refractivity contribution in [1.29, 1.82) is 0 Å². The van der Waals surface area contributed by atoms with Crippen LogP contribution in [0.3, 0.4) is 0 Å². The Morgan fingerprint density at radius 1 is 0.860 bits per heavy atom. The molecular weight excluding hydrogens is 742 g/mol. The van der Waals surface area contributed by atoms with Crippen LogP contribution in [0.1, 0.15) is 109 Å². The Morgan fingerprint density at radius 3 is 2.00 bits per heavy atom. The first-order valence-corrected chi connectivity index (χ1v) is 20.6. The van der Waals surface area contributed by atoms with E-state index in [-0.39, 0.29) is 37.4 Å². The topological polar surface area (TPSA) is 186 Å². The highest BCUT2D eigenvalue weighted by Crippen LogP contribution is 2.44. The van der Waals surface area contributed by atoms with Gasteiger partial charge in [0.25, 0.3) is 0 Å². The van der Waals surface area contributed by atoms with Crippen molar-refractivity contribution in [3.05, 3.63) is 0 Å². The monoisotopic (exact) mass is 816 g/mol. The van der Waals surface area contributed by atoms with Crippen molar-refractivity contribution in [3.8, 4) is 0 Å². The van der Waals surface area contributed by atoms with Crippen molar-refractivity contribution >= 4 is 23.7 Å². The molecule has 0 aromatic heterocycles. The molecule has 3 aliphatic heterocycles. The zero-order valence-corrected chi connectivity index (χ0v) is 37.0. The van der Waals surface area contributed by atoms with E-state index in [1.807, 2.05) is 53.6 Å². The molecule has 57 heavy (non-hydrogen) atoms. The number of hydrogen-bond donors (Lipinski definition) is 2. The van der Waals surface area contributed by atoms with Crippen LogP contribution in [0, 0.1) is 35.0 Å². The number of hydrogen-bond acceptors (Lipinski definition) is 15. The number of carbonyl (C=O) groups excluding carboxylic acids is 4. The Hall–Kier alpha value is -2.24. The van der Waals surface area contributed by atoms with E-state index in [1.54, 1.807) is 41.7 Å². The van der Waals surface area contributed by atoms with Gasteiger partial charge in [0.15, 0.2) is 24.8 Å². The number of esters is 3. The average Bonchev–Trinajstić information content (AvgIpc) is 3.11. The summed E-state index contributed by atoms with van der Waals surface area (Å²) in [6.45, 7) is 20.5. The molecular formula is C42H73NO14. The Bertz CT molecular complexity index is 1360. The number of cyclic esters (lactones) is 1. The van der Waals surface area contributed by atoms with E-state index in [2.05, 4.69) is 0 Å². The summed E-state index contributed by atoms with van der Waals surface area (Å²) in [5, 5.41) is 23.1. The van der Waals surface area contributed by atoms with Crippen LogP contribution < -0.4 is 0 Å². The lowest BCUT2D eigenvalue weighted by molar-refractivity contribution is -0.315. The summed E-state index contributed by atoms with van der Waals surface area (Å²) in [6, 6.07) is -0.272. The van der Waals surface area contributed by atoms with Crippen molar-refractivity contribution in [1.82, 2.24) is 4.90 Å². The third-order valence-electron chi connectivity index (χ3n) is 12.5. The maximum absolute atomic E-state index is 14.3. The molecule has 15 heteroatoms. The molecule has 15 nitrogen and oxygen atoms in total. The highest BCUT2D eigenvalue weighted by molar-refractivity contribution is 5.83. The molecule has 0 aromatic rings. The highest BCUT2D eigenvalue weighted by Gasteiger charge is 2.53. The van der Waals surface area contributed by atoms with E-state index in [4.69, 9.17) is 37.9 Å². The third-order valence-corrected chi connectivity index (χ3v) is 12.5. The minimum Gasteiger partial charge on any atom is -0.462 e. The van der Waals surface area contributed by atoms with Crippen LogP contribution in [0.2, 0.25) is 0 Å². The number of nitrogens with zero attached hydrogens (tertiary/aromatic N) is 1. The first-order valence-electron chi connectivity index (χ1n) is 20.6. The van der Waals surface area contributed by atoms with Gasteiger partial charge >= 0.3 is 17.9 Å². The first-order chi connectivity index (χ1) is 26.4. The smallest absolute Gasteiger partial charge is 0.311 e. The molecule has 3 saturated heterocycles. The Balaban J connectivity index is 2.27. The van der Waals surface area contributed by atoms with Crippen molar-refractivity contribution < 1.29 is 67.3 Å². The quantitative estimate of drug-likeness (QED) is 0.238. The predicted octanol–water partition coefficient (Wildman–Crippen LogP) is 4.06. The van der Waals surface area contributed by atoms with E-state index >= 15 is 0 Å². The van der Waals surface area contributed by atoms with E-state index in [0.29, 0.717) is 12.8 Å². The van der Waals surface area contributed by atoms with Crippen LogP contribution in [-0.2, 0) is 57.1 Å². The van der Waals surface area contributed by atoms with Crippen LogP contribution >= 0.6 is 0 Å². The SMILES string of the molecule is CC[C@H]1OC(=O)[C@H](C)[C@@H](O[C@H]2C[C@@](C)(O)[C@@H](OC(C)=O)[C@H](C)O2)[C@H](C)[C@@H](O[C@@H]2O[C@H](C)C[C@H](N(C)C)[C@H]2OC(C)=O)[C@](C)(COC)C[C@@H](C)C(=O)[C@H](C)[C@@H](O)[C@H]1C. The van der Waals surface area contributed by atoms with Crippen molar-refractivity contribution in [2.75, 3.05) is 27.8 Å². The zero-order chi connectivity index (χ0) is 43.3. The van der Waals surface area contributed by atoms with Crippen LogP contribution in [0.5, 0.6) is 0 Å². The molecule has 0 bridgehead atoms. The van der Waals surface area contributed by atoms with Gasteiger partial charge in [0.05, 0.1) is 49.1 Å². The summed E-state index contributed by atoms with van der Waals surface area (Å²) in [6.07, 6.45) is -7.69. The van der Waals surface area contributed by atoms with Gasteiger partial charge in [-0.15, -0.1) is 0 Å². The molecule has 0 unspecified atom stereocenters. The number of carbonyl (C=O) groups is 4. The van der Waals surface area contributed by atoms with Gasteiger partial charge in [0, 0.05) is 56.5 Å². The molecule has 0 saturated carbocycles. The summed E-state index contributed by atoms with van der Waals surface area (Å²) in [4.78, 5) is 55.0. The lowest BCUT2D eigenvalue weighted by atomic mass is 9.68. The fourth-order valence-electron chi connectivity index (χ4n) is 9.50. The maximum atomic E-state index is 14.3. The predicted molar refractivity (Wildman–Crippen MR) is 208 cm³/mol. The molecule has 330 valence electrons. The Morgan fingerprint density at radius 2 is 1.47 bits per heavy atom. The highest BCUT2D eigenvalue weighted by atomic mass is 16.7. The number of likely N-dealkylation sites (N-methyl/N-ethyl adjacent to an activating group) is 1. The second-order valence-corrected chi connectivity index (χ2v) is 17.9. The third kappa shape index (κ3) is 12.0. The van der Waals surface area contributed by atoms with Gasteiger partial charge in [-0.1, -0.05) is 41.5 Å². The normalized spacial score (nSPS) is 44.2. The summed E-state index contributed by atoms with van der Waals surface area (Å²) in [5.74, 6) is -5.43. The fraction of sp³-hybridized carbons (Fsp3) is 0.905. The molecule has 0 aliphatic carbocycles. The second-order valence-electron chi connectivity index (χ2n) is 17.9. The number of aliphatic hydroxyl groups is 2. The van der Waals surface area contributed by atoms with Gasteiger partial charge in [0.1, 0.15) is 17.5 Å². The minimum atomic E-state index is -1.56. The Kier molecular flexibility index (Phi) is 17.5. The molecule has 3 fully saturated rings. The molecule has 0 radical (unpaired) electrons. The van der Waals surface area contributed by atoms with Gasteiger partial charge in [-0.2, -0.15) is 0 Å². The molecule has 18 atom stereocenters. The number of ether oxygens (including phenoxy) is 8. The number of rotatable bonds is 10. The molecule has 0 spiro atoms. The lowest BCUT2D eigenvalue weighted by Gasteiger charge is -2.50. The van der Waals surface area contributed by atoms with Crippen molar-refractivity contribution in [2.24, 2.45) is 35.0 Å². The average molecular weight is 816 g/mol. The van der Waals surface area contributed by atoms with Gasteiger partial charge < -0.3 is 53.0 Å². The van der Waals surface area contributed by atoms with Gasteiger partial charge in [-0.3, -0.25) is 19.2 Å². The number of Topliss-reactive ketones (excluding diaryl/α,β-unsaturated/α-hetero) is 1.